The van der Waals surface area contributed by atoms with Crippen molar-refractivity contribution in [3.8, 4) is 0 Å². The van der Waals surface area contributed by atoms with E-state index in [1.807, 2.05) is 31.2 Å². The Morgan fingerprint density at radius 3 is 2.84 bits per heavy atom. The predicted octanol–water partition coefficient (Wildman–Crippen LogP) is 2.80. The number of rotatable bonds is 5. The average Bonchev–Trinajstić information content (AvgIpc) is 2.38. The highest BCUT2D eigenvalue weighted by atomic mass is 32.2. The number of carboxylic acid groups (broad SMARTS) is 1. The van der Waals surface area contributed by atoms with Crippen LogP contribution in [0.4, 0.5) is 0 Å². The number of aromatic carboxylic acids is 1. The molecule has 1 aromatic carbocycles. The number of aliphatic hydroxyl groups excluding tert-OH is 1. The van der Waals surface area contributed by atoms with Gasteiger partial charge in [0.15, 0.2) is 0 Å². The van der Waals surface area contributed by atoms with Crippen molar-refractivity contribution in [1.29, 1.82) is 0 Å². The van der Waals surface area contributed by atoms with E-state index in [0.717, 1.165) is 10.8 Å². The minimum atomic E-state index is -1.03. The molecule has 2 rings (SSSR count). The van der Waals surface area contributed by atoms with Gasteiger partial charge in [0.25, 0.3) is 0 Å². The molecular weight excluding hydrogens is 262 g/mol. The summed E-state index contributed by atoms with van der Waals surface area (Å²) >= 11 is 1.49. The lowest BCUT2D eigenvalue weighted by Crippen LogP contribution is -2.04. The summed E-state index contributed by atoms with van der Waals surface area (Å²) < 4.78 is 0. The zero-order valence-electron chi connectivity index (χ0n) is 10.5. The molecule has 0 spiro atoms. The lowest BCUT2D eigenvalue weighted by Gasteiger charge is -2.11. The number of aliphatic hydroxyl groups is 1. The Kier molecular flexibility index (Phi) is 4.39. The van der Waals surface area contributed by atoms with Gasteiger partial charge in [0.05, 0.1) is 0 Å². The number of carboxylic acids is 1. The highest BCUT2D eigenvalue weighted by Crippen LogP contribution is 2.30. The summed E-state index contributed by atoms with van der Waals surface area (Å²) in [5, 5.41) is 20.7. The van der Waals surface area contributed by atoms with Crippen LogP contribution in [0.25, 0.3) is 10.8 Å². The smallest absolute Gasteiger partial charge is 0.354 e. The number of benzene rings is 1. The molecule has 4 nitrogen and oxygen atoms in total. The van der Waals surface area contributed by atoms with E-state index in [1.54, 1.807) is 6.07 Å². The highest BCUT2D eigenvalue weighted by molar-refractivity contribution is 8.00. The van der Waals surface area contributed by atoms with Crippen LogP contribution in [0, 0.1) is 0 Å². The number of hydrogen-bond acceptors (Lipinski definition) is 4. The first-order valence-electron chi connectivity index (χ1n) is 6.02. The number of thioether (sulfide) groups is 1. The molecule has 0 fully saturated rings. The molecule has 0 saturated carbocycles. The molecule has 1 heterocycles. The van der Waals surface area contributed by atoms with Crippen molar-refractivity contribution >= 4 is 28.5 Å². The first kappa shape index (κ1) is 13.8. The minimum Gasteiger partial charge on any atom is -0.477 e. The Bertz CT molecular complexity index is 600. The SMILES string of the molecule is CC(CCO)Sc1nc(C(=O)O)cc2ccccc12. The van der Waals surface area contributed by atoms with Crippen LogP contribution in [0.5, 0.6) is 0 Å². The zero-order valence-corrected chi connectivity index (χ0v) is 11.4. The Morgan fingerprint density at radius 2 is 2.16 bits per heavy atom. The van der Waals surface area contributed by atoms with Gasteiger partial charge >= 0.3 is 5.97 Å². The van der Waals surface area contributed by atoms with Crippen molar-refractivity contribution in [1.82, 2.24) is 4.98 Å². The van der Waals surface area contributed by atoms with Crippen molar-refractivity contribution in [3.63, 3.8) is 0 Å². The lowest BCUT2D eigenvalue weighted by atomic mass is 10.1. The van der Waals surface area contributed by atoms with Crippen LogP contribution in [0.2, 0.25) is 0 Å². The van der Waals surface area contributed by atoms with Crippen LogP contribution in [0.3, 0.4) is 0 Å². The number of pyridine rings is 1. The maximum absolute atomic E-state index is 11.1. The molecule has 100 valence electrons. The van der Waals surface area contributed by atoms with Gasteiger partial charge in [0, 0.05) is 17.2 Å². The fourth-order valence-corrected chi connectivity index (χ4v) is 2.87. The third-order valence-corrected chi connectivity index (χ3v) is 3.95. The summed E-state index contributed by atoms with van der Waals surface area (Å²) in [4.78, 5) is 15.3. The molecule has 5 heteroatoms. The van der Waals surface area contributed by atoms with E-state index in [-0.39, 0.29) is 17.6 Å². The van der Waals surface area contributed by atoms with E-state index >= 15 is 0 Å². The fraction of sp³-hybridized carbons (Fsp3) is 0.286. The van der Waals surface area contributed by atoms with Gasteiger partial charge in [-0.05, 0) is 17.9 Å². The summed E-state index contributed by atoms with van der Waals surface area (Å²) in [6, 6.07) is 9.18. The summed E-state index contributed by atoms with van der Waals surface area (Å²) in [6.45, 7) is 2.11. The average molecular weight is 277 g/mol. The second kappa shape index (κ2) is 6.04. The van der Waals surface area contributed by atoms with Crippen LogP contribution in [-0.4, -0.2) is 33.0 Å². The molecule has 0 radical (unpaired) electrons. The largest absolute Gasteiger partial charge is 0.477 e. The quantitative estimate of drug-likeness (QED) is 0.822. The summed E-state index contributed by atoms with van der Waals surface area (Å²) in [5.74, 6) is -1.03. The molecular formula is C14H15NO3S. The van der Waals surface area contributed by atoms with Crippen LogP contribution >= 0.6 is 11.8 Å². The molecule has 0 aliphatic heterocycles. The number of carbonyl (C=O) groups is 1. The summed E-state index contributed by atoms with van der Waals surface area (Å²) in [7, 11) is 0. The molecule has 0 bridgehead atoms. The standard InChI is InChI=1S/C14H15NO3S/c1-9(6-7-16)19-13-11-5-3-2-4-10(11)8-12(15-13)14(17)18/h2-5,8-9,16H,6-7H2,1H3,(H,17,18). The first-order valence-corrected chi connectivity index (χ1v) is 6.90. The van der Waals surface area contributed by atoms with Gasteiger partial charge in [0.2, 0.25) is 0 Å². The van der Waals surface area contributed by atoms with Crippen LogP contribution in [-0.2, 0) is 0 Å². The normalized spacial score (nSPS) is 12.5. The van der Waals surface area contributed by atoms with Crippen molar-refractivity contribution in [2.45, 2.75) is 23.6 Å². The summed E-state index contributed by atoms with van der Waals surface area (Å²) in [6.07, 6.45) is 0.651. The zero-order chi connectivity index (χ0) is 13.8. The van der Waals surface area contributed by atoms with E-state index in [2.05, 4.69) is 4.98 Å². The third kappa shape index (κ3) is 3.24. The fourth-order valence-electron chi connectivity index (χ4n) is 1.80. The minimum absolute atomic E-state index is 0.0531. The Balaban J connectivity index is 2.47. The maximum Gasteiger partial charge on any atom is 0.354 e. The first-order chi connectivity index (χ1) is 9.11. The second-order valence-electron chi connectivity index (χ2n) is 4.28. The number of fused-ring (bicyclic) bond motifs is 1. The van der Waals surface area contributed by atoms with Gasteiger partial charge < -0.3 is 10.2 Å². The van der Waals surface area contributed by atoms with Gasteiger partial charge in [-0.3, -0.25) is 0 Å². The van der Waals surface area contributed by atoms with Crippen molar-refractivity contribution < 1.29 is 15.0 Å². The molecule has 0 amide bonds. The van der Waals surface area contributed by atoms with Crippen LogP contribution in [0.1, 0.15) is 23.8 Å². The Labute approximate surface area is 115 Å². The van der Waals surface area contributed by atoms with Gasteiger partial charge in [-0.25, -0.2) is 9.78 Å². The number of aromatic nitrogens is 1. The Hall–Kier alpha value is -1.59. The third-order valence-electron chi connectivity index (χ3n) is 2.77. The predicted molar refractivity (Wildman–Crippen MR) is 75.7 cm³/mol. The molecule has 0 aliphatic carbocycles. The maximum atomic E-state index is 11.1. The molecule has 0 saturated heterocycles. The van der Waals surface area contributed by atoms with E-state index in [4.69, 9.17) is 10.2 Å². The topological polar surface area (TPSA) is 70.4 Å². The van der Waals surface area contributed by atoms with Gasteiger partial charge in [-0.15, -0.1) is 11.8 Å². The molecule has 1 aromatic heterocycles. The molecule has 2 aromatic rings. The monoisotopic (exact) mass is 277 g/mol. The molecule has 1 unspecified atom stereocenters. The van der Waals surface area contributed by atoms with Gasteiger partial charge in [0.1, 0.15) is 10.7 Å². The van der Waals surface area contributed by atoms with E-state index in [1.165, 1.54) is 11.8 Å². The molecule has 2 N–H and O–H groups in total. The van der Waals surface area contributed by atoms with E-state index < -0.39 is 5.97 Å². The van der Waals surface area contributed by atoms with Crippen molar-refractivity contribution in [3.05, 3.63) is 36.0 Å². The highest BCUT2D eigenvalue weighted by Gasteiger charge is 2.13. The van der Waals surface area contributed by atoms with Gasteiger partial charge in [-0.1, -0.05) is 31.2 Å². The van der Waals surface area contributed by atoms with Crippen molar-refractivity contribution in [2.24, 2.45) is 0 Å². The molecule has 1 atom stereocenters. The molecule has 0 aliphatic rings. The van der Waals surface area contributed by atoms with E-state index in [9.17, 15) is 4.79 Å². The van der Waals surface area contributed by atoms with E-state index in [0.29, 0.717) is 11.4 Å². The second-order valence-corrected chi connectivity index (χ2v) is 5.71. The molecule has 19 heavy (non-hydrogen) atoms. The van der Waals surface area contributed by atoms with Crippen LogP contribution < -0.4 is 0 Å². The Morgan fingerprint density at radius 1 is 1.42 bits per heavy atom. The van der Waals surface area contributed by atoms with Crippen molar-refractivity contribution in [2.75, 3.05) is 6.61 Å². The summed E-state index contributed by atoms with van der Waals surface area (Å²) in [5.41, 5.74) is 0.0531. The van der Waals surface area contributed by atoms with Crippen LogP contribution in [0.15, 0.2) is 35.4 Å². The number of hydrogen-bond donors (Lipinski definition) is 2. The van der Waals surface area contributed by atoms with Gasteiger partial charge in [-0.2, -0.15) is 0 Å². The lowest BCUT2D eigenvalue weighted by molar-refractivity contribution is 0.0690. The number of nitrogens with zero attached hydrogens (tertiary/aromatic N) is 1.